The second-order valence-corrected chi connectivity index (χ2v) is 8.92. The summed E-state index contributed by atoms with van der Waals surface area (Å²) in [6.45, 7) is 5.56. The van der Waals surface area contributed by atoms with Crippen molar-refractivity contribution in [3.05, 3.63) is 60.4 Å². The summed E-state index contributed by atoms with van der Waals surface area (Å²) in [5.41, 5.74) is 0.860. The van der Waals surface area contributed by atoms with Crippen LogP contribution in [0.4, 0.5) is 0 Å². The Morgan fingerprint density at radius 2 is 1.90 bits per heavy atom. The number of nitrogens with one attached hydrogen (secondary N) is 2. The topological polar surface area (TPSA) is 92.9 Å². The van der Waals surface area contributed by atoms with Gasteiger partial charge in [0.2, 0.25) is 0 Å². The summed E-state index contributed by atoms with van der Waals surface area (Å²) in [4.78, 5) is 4.81. The minimum Gasteiger partial charge on any atom is -0.492 e. The third-order valence-electron chi connectivity index (χ3n) is 4.45. The summed E-state index contributed by atoms with van der Waals surface area (Å²) in [5, 5.41) is 7.62. The summed E-state index contributed by atoms with van der Waals surface area (Å²) in [6, 6.07) is 16.2. The molecule has 2 N–H and O–H groups in total. The molecule has 3 rings (SSSR count). The van der Waals surface area contributed by atoms with Gasteiger partial charge in [-0.3, -0.25) is 0 Å². The summed E-state index contributed by atoms with van der Waals surface area (Å²) in [6.07, 6.45) is 1.18. The zero-order valence-electron chi connectivity index (χ0n) is 17.4. The smallest absolute Gasteiger partial charge is 0.191 e. The zero-order valence-corrected chi connectivity index (χ0v) is 18.2. The molecule has 0 spiro atoms. The highest BCUT2D eigenvalue weighted by Gasteiger charge is 2.13. The molecule has 0 saturated carbocycles. The third kappa shape index (κ3) is 5.76. The van der Waals surface area contributed by atoms with Crippen molar-refractivity contribution in [3.8, 4) is 5.75 Å². The first kappa shape index (κ1) is 21.7. The molecular weight excluding hydrogens is 402 g/mol. The third-order valence-corrected chi connectivity index (χ3v) is 5.58. The molecule has 1 atom stereocenters. The number of nitrogens with zero attached hydrogens (tertiary/aromatic N) is 1. The lowest BCUT2D eigenvalue weighted by molar-refractivity contribution is 0.328. The van der Waals surface area contributed by atoms with E-state index in [1.165, 1.54) is 18.4 Å². The van der Waals surface area contributed by atoms with Crippen molar-refractivity contribution in [2.24, 2.45) is 4.99 Å². The van der Waals surface area contributed by atoms with Crippen molar-refractivity contribution in [2.45, 2.75) is 24.8 Å². The van der Waals surface area contributed by atoms with Gasteiger partial charge >= 0.3 is 0 Å². The molecule has 1 unspecified atom stereocenters. The van der Waals surface area contributed by atoms with Gasteiger partial charge in [-0.25, -0.2) is 13.4 Å². The molecule has 0 aliphatic rings. The van der Waals surface area contributed by atoms with E-state index in [0.717, 1.165) is 23.3 Å². The Morgan fingerprint density at radius 3 is 2.57 bits per heavy atom. The van der Waals surface area contributed by atoms with Crippen LogP contribution in [0.25, 0.3) is 11.0 Å². The fourth-order valence-electron chi connectivity index (χ4n) is 2.92. The minimum atomic E-state index is -3.21. The highest BCUT2D eigenvalue weighted by molar-refractivity contribution is 7.90. The van der Waals surface area contributed by atoms with Gasteiger partial charge in [0, 0.05) is 18.2 Å². The van der Waals surface area contributed by atoms with Gasteiger partial charge in [-0.05, 0) is 50.2 Å². The molecule has 0 fully saturated rings. The lowest BCUT2D eigenvalue weighted by Crippen LogP contribution is -2.39. The monoisotopic (exact) mass is 429 g/mol. The van der Waals surface area contributed by atoms with Crippen LogP contribution in [0.1, 0.15) is 25.6 Å². The molecule has 8 heteroatoms. The number of furan rings is 1. The van der Waals surface area contributed by atoms with Gasteiger partial charge in [0.05, 0.1) is 17.5 Å². The summed E-state index contributed by atoms with van der Waals surface area (Å²) in [5.74, 6) is 2.11. The van der Waals surface area contributed by atoms with Crippen molar-refractivity contribution < 1.29 is 17.6 Å². The normalized spacial score (nSPS) is 13.2. The molecule has 0 saturated heterocycles. The molecule has 160 valence electrons. The Balaban J connectivity index is 1.56. The standard InChI is InChI=1S/C22H27N3O4S/c1-4-23-22(25-16(2)21-15-17-7-5-6-8-20(17)29-21)24-13-14-28-18-9-11-19(12-10-18)30(3,26)27/h5-12,15-16H,4,13-14H2,1-3H3,(H2,23,24,25). The molecular formula is C22H27N3O4S. The van der Waals surface area contributed by atoms with Gasteiger partial charge in [0.15, 0.2) is 15.8 Å². The summed E-state index contributed by atoms with van der Waals surface area (Å²) >= 11 is 0. The van der Waals surface area contributed by atoms with Crippen LogP contribution >= 0.6 is 0 Å². The maximum atomic E-state index is 11.5. The number of sulfone groups is 1. The molecule has 0 amide bonds. The van der Waals surface area contributed by atoms with Crippen molar-refractivity contribution >= 4 is 26.8 Å². The first-order chi connectivity index (χ1) is 14.4. The second-order valence-electron chi connectivity index (χ2n) is 6.91. The molecule has 2 aromatic carbocycles. The van der Waals surface area contributed by atoms with E-state index >= 15 is 0 Å². The number of guanidine groups is 1. The molecule has 0 radical (unpaired) electrons. The number of hydrogen-bond donors (Lipinski definition) is 2. The van der Waals surface area contributed by atoms with Gasteiger partial charge in [-0.2, -0.15) is 0 Å². The first-order valence-electron chi connectivity index (χ1n) is 9.83. The number of aliphatic imine (C=N–C) groups is 1. The molecule has 0 aliphatic carbocycles. The Bertz CT molecular complexity index is 1070. The summed E-state index contributed by atoms with van der Waals surface area (Å²) in [7, 11) is -3.21. The highest BCUT2D eigenvalue weighted by atomic mass is 32.2. The van der Waals surface area contributed by atoms with Crippen LogP contribution in [0.3, 0.4) is 0 Å². The maximum Gasteiger partial charge on any atom is 0.191 e. The Hall–Kier alpha value is -3.00. The van der Waals surface area contributed by atoms with Gasteiger partial charge in [-0.15, -0.1) is 0 Å². The molecule has 0 bridgehead atoms. The lowest BCUT2D eigenvalue weighted by atomic mass is 10.2. The van der Waals surface area contributed by atoms with Gasteiger partial charge in [-0.1, -0.05) is 18.2 Å². The van der Waals surface area contributed by atoms with E-state index in [2.05, 4.69) is 15.6 Å². The predicted octanol–water partition coefficient (Wildman–Crippen LogP) is 3.53. The molecule has 7 nitrogen and oxygen atoms in total. The number of rotatable bonds is 8. The van der Waals surface area contributed by atoms with Crippen molar-refractivity contribution in [1.29, 1.82) is 0 Å². The highest BCUT2D eigenvalue weighted by Crippen LogP contribution is 2.23. The Kier molecular flexibility index (Phi) is 6.99. The quantitative estimate of drug-likeness (QED) is 0.323. The van der Waals surface area contributed by atoms with Gasteiger partial charge in [0.1, 0.15) is 23.7 Å². The van der Waals surface area contributed by atoms with Gasteiger partial charge in [0.25, 0.3) is 0 Å². The second kappa shape index (κ2) is 9.67. The first-order valence-corrected chi connectivity index (χ1v) is 11.7. The largest absolute Gasteiger partial charge is 0.492 e. The SMILES string of the molecule is CCNC(=NCCOc1ccc(S(C)(=O)=O)cc1)NC(C)c1cc2ccccc2o1. The minimum absolute atomic E-state index is 0.0559. The van der Waals surface area contributed by atoms with E-state index < -0.39 is 9.84 Å². The summed E-state index contributed by atoms with van der Waals surface area (Å²) < 4.78 is 34.6. The van der Waals surface area contributed by atoms with E-state index in [-0.39, 0.29) is 10.9 Å². The molecule has 1 heterocycles. The number of fused-ring (bicyclic) bond motifs is 1. The van der Waals surface area contributed by atoms with E-state index in [1.807, 2.05) is 44.2 Å². The number of ether oxygens (including phenoxy) is 1. The van der Waals surface area contributed by atoms with Crippen molar-refractivity contribution in [3.63, 3.8) is 0 Å². The zero-order chi connectivity index (χ0) is 21.6. The average Bonchev–Trinajstić information content (AvgIpc) is 3.15. The average molecular weight is 430 g/mol. The molecule has 0 aliphatic heterocycles. The molecule has 30 heavy (non-hydrogen) atoms. The molecule has 3 aromatic rings. The Labute approximate surface area is 177 Å². The van der Waals surface area contributed by atoms with Crippen LogP contribution in [0.5, 0.6) is 5.75 Å². The molecule has 1 aromatic heterocycles. The van der Waals surface area contributed by atoms with Crippen LogP contribution in [-0.4, -0.2) is 40.3 Å². The Morgan fingerprint density at radius 1 is 1.17 bits per heavy atom. The van der Waals surface area contributed by atoms with E-state index in [0.29, 0.717) is 24.9 Å². The van der Waals surface area contributed by atoms with Crippen LogP contribution in [-0.2, 0) is 9.84 Å². The van der Waals surface area contributed by atoms with Crippen LogP contribution < -0.4 is 15.4 Å². The number of hydrogen-bond acceptors (Lipinski definition) is 5. The number of benzene rings is 2. The van der Waals surface area contributed by atoms with E-state index in [9.17, 15) is 8.42 Å². The van der Waals surface area contributed by atoms with Gasteiger partial charge < -0.3 is 19.8 Å². The van der Waals surface area contributed by atoms with E-state index in [1.54, 1.807) is 12.1 Å². The van der Waals surface area contributed by atoms with Crippen molar-refractivity contribution in [2.75, 3.05) is 26.0 Å². The van der Waals surface area contributed by atoms with Crippen LogP contribution in [0.15, 0.2) is 68.9 Å². The lowest BCUT2D eigenvalue weighted by Gasteiger charge is -2.16. The predicted molar refractivity (Wildman–Crippen MR) is 119 cm³/mol. The maximum absolute atomic E-state index is 11.5. The fourth-order valence-corrected chi connectivity index (χ4v) is 3.55. The number of para-hydroxylation sites is 1. The van der Waals surface area contributed by atoms with E-state index in [4.69, 9.17) is 9.15 Å². The fraction of sp³-hybridized carbons (Fsp3) is 0.318. The van der Waals surface area contributed by atoms with Crippen LogP contribution in [0.2, 0.25) is 0 Å². The van der Waals surface area contributed by atoms with Crippen LogP contribution in [0, 0.1) is 0 Å². The van der Waals surface area contributed by atoms with Crippen molar-refractivity contribution in [1.82, 2.24) is 10.6 Å².